The molecule has 1 aliphatic rings. The summed E-state index contributed by atoms with van der Waals surface area (Å²) in [5.41, 5.74) is -1.31. The van der Waals surface area contributed by atoms with Gasteiger partial charge in [-0.1, -0.05) is 0 Å². The molecule has 0 unspecified atom stereocenters. The van der Waals surface area contributed by atoms with Gasteiger partial charge >= 0.3 is 5.97 Å². The molecule has 0 aliphatic carbocycles. The minimum atomic E-state index is -4.31. The first kappa shape index (κ1) is 14.8. The highest BCUT2D eigenvalue weighted by Gasteiger charge is 2.35. The molecule has 0 amide bonds. The van der Waals surface area contributed by atoms with Crippen LogP contribution in [0.2, 0.25) is 0 Å². The summed E-state index contributed by atoms with van der Waals surface area (Å²) in [7, 11) is -4.31. The van der Waals surface area contributed by atoms with Crippen molar-refractivity contribution >= 4 is 16.0 Å². The monoisotopic (exact) mass is 307 g/mol. The standard InChI is InChI=1S/C11H11F2NO5S/c12-7-1-2-8(10(13)9(7)11(16)17)20(18,19)14-4-3-6(15)5-14/h1-2,6,15H,3-5H2,(H,16,17)/t6-/m0/s1. The minimum absolute atomic E-state index is 0.0112. The van der Waals surface area contributed by atoms with Crippen LogP contribution in [-0.2, 0) is 10.0 Å². The van der Waals surface area contributed by atoms with Crippen LogP contribution in [0.5, 0.6) is 0 Å². The summed E-state index contributed by atoms with van der Waals surface area (Å²) in [4.78, 5) is 9.86. The van der Waals surface area contributed by atoms with Gasteiger partial charge in [-0.3, -0.25) is 0 Å². The maximum atomic E-state index is 13.9. The highest BCUT2D eigenvalue weighted by molar-refractivity contribution is 7.89. The SMILES string of the molecule is O=C(O)c1c(F)ccc(S(=O)(=O)N2CC[C@H](O)C2)c1F. The van der Waals surface area contributed by atoms with Gasteiger partial charge in [0.15, 0.2) is 5.82 Å². The normalized spacial score (nSPS) is 20.2. The van der Waals surface area contributed by atoms with Crippen LogP contribution in [0, 0.1) is 11.6 Å². The molecule has 1 saturated heterocycles. The van der Waals surface area contributed by atoms with Crippen molar-refractivity contribution in [2.24, 2.45) is 0 Å². The van der Waals surface area contributed by atoms with Gasteiger partial charge in [0, 0.05) is 13.1 Å². The molecule has 2 N–H and O–H groups in total. The van der Waals surface area contributed by atoms with E-state index >= 15 is 0 Å². The molecule has 110 valence electrons. The van der Waals surface area contributed by atoms with Crippen molar-refractivity contribution in [1.82, 2.24) is 4.31 Å². The zero-order chi connectivity index (χ0) is 15.1. The Balaban J connectivity index is 2.53. The van der Waals surface area contributed by atoms with Crippen molar-refractivity contribution in [1.29, 1.82) is 0 Å². The Kier molecular flexibility index (Phi) is 3.76. The molecule has 0 radical (unpaired) electrons. The summed E-state index contributed by atoms with van der Waals surface area (Å²) in [5.74, 6) is -4.88. The molecular weight excluding hydrogens is 296 g/mol. The summed E-state index contributed by atoms with van der Waals surface area (Å²) in [6.07, 6.45) is -0.652. The number of aliphatic hydroxyl groups is 1. The second-order valence-corrected chi connectivity index (χ2v) is 6.25. The first-order valence-electron chi connectivity index (χ1n) is 5.64. The fourth-order valence-corrected chi connectivity index (χ4v) is 3.56. The number of carboxylic acid groups (broad SMARTS) is 1. The molecular formula is C11H11F2NO5S. The number of halogens is 2. The van der Waals surface area contributed by atoms with Crippen LogP contribution in [0.3, 0.4) is 0 Å². The van der Waals surface area contributed by atoms with Crippen LogP contribution >= 0.6 is 0 Å². The Bertz CT molecular complexity index is 661. The maximum absolute atomic E-state index is 13.9. The van der Waals surface area contributed by atoms with Gasteiger partial charge in [0.2, 0.25) is 10.0 Å². The third-order valence-electron chi connectivity index (χ3n) is 3.01. The van der Waals surface area contributed by atoms with E-state index in [0.717, 1.165) is 4.31 Å². The van der Waals surface area contributed by atoms with Crippen LogP contribution in [-0.4, -0.2) is 48.1 Å². The van der Waals surface area contributed by atoms with E-state index in [-0.39, 0.29) is 19.5 Å². The lowest BCUT2D eigenvalue weighted by Crippen LogP contribution is -2.30. The second kappa shape index (κ2) is 5.08. The summed E-state index contributed by atoms with van der Waals surface area (Å²) >= 11 is 0. The number of hydrogen-bond acceptors (Lipinski definition) is 4. The van der Waals surface area contributed by atoms with Gasteiger partial charge in [0.1, 0.15) is 16.3 Å². The number of carboxylic acids is 1. The molecule has 6 nitrogen and oxygen atoms in total. The van der Waals surface area contributed by atoms with Crippen LogP contribution < -0.4 is 0 Å². The van der Waals surface area contributed by atoms with E-state index in [1.165, 1.54) is 0 Å². The van der Waals surface area contributed by atoms with Crippen molar-refractivity contribution in [2.75, 3.05) is 13.1 Å². The Morgan fingerprint density at radius 1 is 1.35 bits per heavy atom. The first-order chi connectivity index (χ1) is 9.25. The van der Waals surface area contributed by atoms with Gasteiger partial charge in [0.25, 0.3) is 0 Å². The highest BCUT2D eigenvalue weighted by atomic mass is 32.2. The molecule has 1 aliphatic heterocycles. The van der Waals surface area contributed by atoms with E-state index < -0.39 is 44.2 Å². The van der Waals surface area contributed by atoms with E-state index in [1.807, 2.05) is 0 Å². The Labute approximate surface area is 113 Å². The van der Waals surface area contributed by atoms with E-state index in [9.17, 15) is 27.1 Å². The number of rotatable bonds is 3. The molecule has 2 rings (SSSR count). The van der Waals surface area contributed by atoms with Crippen LogP contribution in [0.15, 0.2) is 17.0 Å². The number of nitrogens with zero attached hydrogens (tertiary/aromatic N) is 1. The van der Waals surface area contributed by atoms with Crippen LogP contribution in [0.4, 0.5) is 8.78 Å². The van der Waals surface area contributed by atoms with Gasteiger partial charge in [-0.25, -0.2) is 22.0 Å². The number of hydrogen-bond donors (Lipinski definition) is 2. The lowest BCUT2D eigenvalue weighted by atomic mass is 10.2. The Morgan fingerprint density at radius 3 is 2.50 bits per heavy atom. The van der Waals surface area contributed by atoms with Gasteiger partial charge in [-0.2, -0.15) is 4.31 Å². The smallest absolute Gasteiger partial charge is 0.341 e. The number of aliphatic hydroxyl groups excluding tert-OH is 1. The fraction of sp³-hybridized carbons (Fsp3) is 0.364. The van der Waals surface area contributed by atoms with Crippen molar-refractivity contribution in [2.45, 2.75) is 17.4 Å². The van der Waals surface area contributed by atoms with Crippen molar-refractivity contribution < 1.29 is 32.2 Å². The molecule has 1 fully saturated rings. The fourth-order valence-electron chi connectivity index (χ4n) is 2.00. The number of sulfonamides is 1. The average Bonchev–Trinajstić information content (AvgIpc) is 2.75. The van der Waals surface area contributed by atoms with E-state index in [1.54, 1.807) is 0 Å². The Hall–Kier alpha value is -1.58. The summed E-state index contributed by atoms with van der Waals surface area (Å²) in [6, 6.07) is 1.27. The summed E-state index contributed by atoms with van der Waals surface area (Å²) in [5, 5.41) is 18.0. The largest absolute Gasteiger partial charge is 0.477 e. The number of aromatic carboxylic acids is 1. The highest BCUT2D eigenvalue weighted by Crippen LogP contribution is 2.26. The van der Waals surface area contributed by atoms with Crippen LogP contribution in [0.1, 0.15) is 16.8 Å². The molecule has 0 aromatic heterocycles. The van der Waals surface area contributed by atoms with Crippen molar-refractivity contribution in [3.8, 4) is 0 Å². The van der Waals surface area contributed by atoms with E-state index in [0.29, 0.717) is 12.1 Å². The molecule has 1 heterocycles. The third kappa shape index (κ3) is 2.39. The lowest BCUT2D eigenvalue weighted by molar-refractivity contribution is 0.0685. The molecule has 0 spiro atoms. The predicted octanol–water partition coefficient (Wildman–Crippen LogP) is 0.418. The quantitative estimate of drug-likeness (QED) is 0.844. The molecule has 0 bridgehead atoms. The van der Waals surface area contributed by atoms with E-state index in [4.69, 9.17) is 5.11 Å². The summed E-state index contributed by atoms with van der Waals surface area (Å²) in [6.45, 7) is -0.218. The van der Waals surface area contributed by atoms with Crippen molar-refractivity contribution in [3.63, 3.8) is 0 Å². The maximum Gasteiger partial charge on any atom is 0.341 e. The molecule has 9 heteroatoms. The zero-order valence-electron chi connectivity index (χ0n) is 10.1. The average molecular weight is 307 g/mol. The molecule has 1 aromatic carbocycles. The zero-order valence-corrected chi connectivity index (χ0v) is 10.9. The molecule has 1 atom stereocenters. The number of β-amino-alcohol motifs (C(OH)–C–C–N with tert-alkyl or cyclic N) is 1. The van der Waals surface area contributed by atoms with Crippen molar-refractivity contribution in [3.05, 3.63) is 29.3 Å². The molecule has 20 heavy (non-hydrogen) atoms. The first-order valence-corrected chi connectivity index (χ1v) is 7.08. The van der Waals surface area contributed by atoms with E-state index in [2.05, 4.69) is 0 Å². The Morgan fingerprint density at radius 2 is 2.00 bits per heavy atom. The van der Waals surface area contributed by atoms with Crippen LogP contribution in [0.25, 0.3) is 0 Å². The predicted molar refractivity (Wildman–Crippen MR) is 62.7 cm³/mol. The molecule has 0 saturated carbocycles. The lowest BCUT2D eigenvalue weighted by Gasteiger charge is -2.16. The third-order valence-corrected chi connectivity index (χ3v) is 4.90. The van der Waals surface area contributed by atoms with Gasteiger partial charge in [-0.15, -0.1) is 0 Å². The topological polar surface area (TPSA) is 94.9 Å². The van der Waals surface area contributed by atoms with Gasteiger partial charge in [0.05, 0.1) is 6.10 Å². The summed E-state index contributed by atoms with van der Waals surface area (Å²) < 4.78 is 52.3. The number of benzene rings is 1. The second-order valence-electron chi connectivity index (χ2n) is 4.35. The molecule has 1 aromatic rings. The number of carbonyl (C=O) groups is 1. The van der Waals surface area contributed by atoms with Gasteiger partial charge in [-0.05, 0) is 18.6 Å². The minimum Gasteiger partial charge on any atom is -0.477 e. The van der Waals surface area contributed by atoms with Gasteiger partial charge < -0.3 is 10.2 Å².